The number of aryl methyl sites for hydroxylation is 1. The number of hydrogen-bond donors (Lipinski definition) is 2. The van der Waals surface area contributed by atoms with Crippen molar-refractivity contribution in [1.29, 1.82) is 0 Å². The van der Waals surface area contributed by atoms with E-state index in [2.05, 4.69) is 15.2 Å². The topological polar surface area (TPSA) is 87.6 Å². The highest BCUT2D eigenvalue weighted by molar-refractivity contribution is 7.89. The first-order valence-corrected chi connectivity index (χ1v) is 8.34. The van der Waals surface area contributed by atoms with E-state index in [-0.39, 0.29) is 10.8 Å². The molecule has 0 saturated carbocycles. The molecule has 0 heterocycles. The first kappa shape index (κ1) is 16.7. The molecule has 0 aliphatic carbocycles. The molecule has 0 atom stereocenters. The summed E-state index contributed by atoms with van der Waals surface area (Å²) in [6, 6.07) is 13.3. The molecule has 120 valence electrons. The molecule has 0 bridgehead atoms. The molecule has 0 aromatic heterocycles. The van der Waals surface area contributed by atoms with Gasteiger partial charge in [0.05, 0.1) is 11.1 Å². The van der Waals surface area contributed by atoms with E-state index >= 15 is 0 Å². The second-order valence-corrected chi connectivity index (χ2v) is 6.63. The molecule has 1 amide bonds. The Morgan fingerprint density at radius 3 is 2.22 bits per heavy atom. The molecule has 2 rings (SSSR count). The average molecular weight is 331 g/mol. The summed E-state index contributed by atoms with van der Waals surface area (Å²) in [6.45, 7) is 3.35. The van der Waals surface area contributed by atoms with Crippen LogP contribution in [0.25, 0.3) is 0 Å². The molecule has 0 saturated heterocycles. The number of nitrogens with zero attached hydrogens (tertiary/aromatic N) is 1. The van der Waals surface area contributed by atoms with Crippen LogP contribution < -0.4 is 10.1 Å². The summed E-state index contributed by atoms with van der Waals surface area (Å²) in [6.07, 6.45) is 1.43. The molecular formula is C16H17N3O3S. The predicted molar refractivity (Wildman–Crippen MR) is 89.8 cm³/mol. The van der Waals surface area contributed by atoms with Gasteiger partial charge < -0.3 is 5.32 Å². The van der Waals surface area contributed by atoms with Crippen molar-refractivity contribution in [2.24, 2.45) is 5.10 Å². The molecule has 0 aliphatic rings. The van der Waals surface area contributed by atoms with Crippen LogP contribution in [0.5, 0.6) is 0 Å². The number of carbonyl (C=O) groups is 1. The Labute approximate surface area is 135 Å². The van der Waals surface area contributed by atoms with Gasteiger partial charge in [-0.25, -0.2) is 4.83 Å². The SMILES string of the molecule is CC(=O)Nc1ccc(S(=O)(=O)N/N=C/c2ccc(C)cc2)cc1. The van der Waals surface area contributed by atoms with Gasteiger partial charge in [0.25, 0.3) is 10.0 Å². The second kappa shape index (κ2) is 7.06. The Morgan fingerprint density at radius 2 is 1.65 bits per heavy atom. The fourth-order valence-corrected chi connectivity index (χ4v) is 2.59. The molecule has 0 aliphatic heterocycles. The van der Waals surface area contributed by atoms with Gasteiger partial charge in [0.2, 0.25) is 5.91 Å². The third-order valence-electron chi connectivity index (χ3n) is 2.95. The van der Waals surface area contributed by atoms with E-state index in [0.717, 1.165) is 11.1 Å². The maximum Gasteiger partial charge on any atom is 0.276 e. The van der Waals surface area contributed by atoms with Crippen LogP contribution in [-0.4, -0.2) is 20.5 Å². The third-order valence-corrected chi connectivity index (χ3v) is 4.19. The smallest absolute Gasteiger partial charge is 0.276 e. The van der Waals surface area contributed by atoms with Gasteiger partial charge in [0.1, 0.15) is 0 Å². The number of benzene rings is 2. The van der Waals surface area contributed by atoms with Gasteiger partial charge >= 0.3 is 0 Å². The Bertz CT molecular complexity index is 811. The minimum absolute atomic E-state index is 0.0626. The summed E-state index contributed by atoms with van der Waals surface area (Å²) in [5.41, 5.74) is 2.43. The Kier molecular flexibility index (Phi) is 5.13. The van der Waals surface area contributed by atoms with Crippen LogP contribution in [-0.2, 0) is 14.8 Å². The van der Waals surface area contributed by atoms with Crippen LogP contribution in [0.2, 0.25) is 0 Å². The van der Waals surface area contributed by atoms with Crippen molar-refractivity contribution in [2.75, 3.05) is 5.32 Å². The minimum atomic E-state index is -3.74. The fraction of sp³-hybridized carbons (Fsp3) is 0.125. The lowest BCUT2D eigenvalue weighted by atomic mass is 10.2. The number of amides is 1. The second-order valence-electron chi connectivity index (χ2n) is 4.97. The molecule has 7 heteroatoms. The van der Waals surface area contributed by atoms with Crippen LogP contribution in [0.4, 0.5) is 5.69 Å². The first-order chi connectivity index (χ1) is 10.9. The molecular weight excluding hydrogens is 314 g/mol. The monoisotopic (exact) mass is 331 g/mol. The fourth-order valence-electron chi connectivity index (χ4n) is 1.80. The zero-order valence-corrected chi connectivity index (χ0v) is 13.6. The first-order valence-electron chi connectivity index (χ1n) is 6.86. The van der Waals surface area contributed by atoms with Gasteiger partial charge in [-0.2, -0.15) is 13.5 Å². The maximum atomic E-state index is 12.1. The van der Waals surface area contributed by atoms with E-state index < -0.39 is 10.0 Å². The normalized spacial score (nSPS) is 11.4. The minimum Gasteiger partial charge on any atom is -0.326 e. The largest absolute Gasteiger partial charge is 0.326 e. The van der Waals surface area contributed by atoms with Gasteiger partial charge in [0, 0.05) is 12.6 Å². The average Bonchev–Trinajstić information content (AvgIpc) is 2.49. The van der Waals surface area contributed by atoms with Crippen LogP contribution in [0.3, 0.4) is 0 Å². The summed E-state index contributed by atoms with van der Waals surface area (Å²) in [7, 11) is -3.74. The van der Waals surface area contributed by atoms with Crippen molar-refractivity contribution in [2.45, 2.75) is 18.7 Å². The van der Waals surface area contributed by atoms with E-state index in [9.17, 15) is 13.2 Å². The summed E-state index contributed by atoms with van der Waals surface area (Å²) >= 11 is 0. The highest BCUT2D eigenvalue weighted by Gasteiger charge is 2.12. The van der Waals surface area contributed by atoms with Crippen molar-refractivity contribution < 1.29 is 13.2 Å². The molecule has 0 radical (unpaired) electrons. The number of hydrazone groups is 1. The highest BCUT2D eigenvalue weighted by atomic mass is 32.2. The van der Waals surface area contributed by atoms with Crippen molar-refractivity contribution in [3.8, 4) is 0 Å². The lowest BCUT2D eigenvalue weighted by Crippen LogP contribution is -2.18. The lowest BCUT2D eigenvalue weighted by Gasteiger charge is -2.05. The number of rotatable bonds is 5. The molecule has 23 heavy (non-hydrogen) atoms. The summed E-state index contributed by atoms with van der Waals surface area (Å²) in [4.78, 5) is 13.1. The van der Waals surface area contributed by atoms with Gasteiger partial charge in [-0.05, 0) is 36.8 Å². The number of carbonyl (C=O) groups excluding carboxylic acids is 1. The van der Waals surface area contributed by atoms with E-state index in [1.807, 2.05) is 31.2 Å². The quantitative estimate of drug-likeness (QED) is 0.651. The van der Waals surface area contributed by atoms with Gasteiger partial charge in [-0.15, -0.1) is 0 Å². The lowest BCUT2D eigenvalue weighted by molar-refractivity contribution is -0.114. The molecule has 0 fully saturated rings. The zero-order chi connectivity index (χ0) is 16.9. The van der Waals surface area contributed by atoms with E-state index in [4.69, 9.17) is 0 Å². The van der Waals surface area contributed by atoms with Crippen molar-refractivity contribution >= 4 is 27.8 Å². The molecule has 6 nitrogen and oxygen atoms in total. The number of nitrogens with one attached hydrogen (secondary N) is 2. The molecule has 0 unspecified atom stereocenters. The number of sulfonamides is 1. The Hall–Kier alpha value is -2.67. The summed E-state index contributed by atoms with van der Waals surface area (Å²) in [5.74, 6) is -0.221. The van der Waals surface area contributed by atoms with Gasteiger partial charge in [-0.1, -0.05) is 29.8 Å². The predicted octanol–water partition coefficient (Wildman–Crippen LogP) is 2.27. The standard InChI is InChI=1S/C16H17N3O3S/c1-12-3-5-14(6-4-12)11-17-19-23(21,22)16-9-7-15(8-10-16)18-13(2)20/h3-11,19H,1-2H3,(H,18,20)/b17-11+. The van der Waals surface area contributed by atoms with Crippen LogP contribution in [0.15, 0.2) is 58.5 Å². The Balaban J connectivity index is 2.06. The number of hydrogen-bond acceptors (Lipinski definition) is 4. The molecule has 0 spiro atoms. The van der Waals surface area contributed by atoms with E-state index in [1.165, 1.54) is 37.4 Å². The Morgan fingerprint density at radius 1 is 1.04 bits per heavy atom. The number of anilines is 1. The maximum absolute atomic E-state index is 12.1. The van der Waals surface area contributed by atoms with Crippen molar-refractivity contribution in [3.05, 3.63) is 59.7 Å². The summed E-state index contributed by atoms with van der Waals surface area (Å²) < 4.78 is 24.2. The highest BCUT2D eigenvalue weighted by Crippen LogP contribution is 2.13. The van der Waals surface area contributed by atoms with Gasteiger partial charge in [0.15, 0.2) is 0 Å². The van der Waals surface area contributed by atoms with Crippen molar-refractivity contribution in [3.63, 3.8) is 0 Å². The van der Waals surface area contributed by atoms with Crippen LogP contribution in [0.1, 0.15) is 18.1 Å². The summed E-state index contributed by atoms with van der Waals surface area (Å²) in [5, 5.41) is 6.33. The molecule has 2 N–H and O–H groups in total. The van der Waals surface area contributed by atoms with E-state index in [0.29, 0.717) is 5.69 Å². The van der Waals surface area contributed by atoms with Crippen LogP contribution in [0, 0.1) is 6.92 Å². The molecule has 2 aromatic carbocycles. The molecule has 2 aromatic rings. The van der Waals surface area contributed by atoms with Gasteiger partial charge in [-0.3, -0.25) is 4.79 Å². The van der Waals surface area contributed by atoms with E-state index in [1.54, 1.807) is 0 Å². The van der Waals surface area contributed by atoms with Crippen molar-refractivity contribution in [1.82, 2.24) is 4.83 Å². The zero-order valence-electron chi connectivity index (χ0n) is 12.8. The third kappa shape index (κ3) is 4.93. The van der Waals surface area contributed by atoms with Crippen LogP contribution >= 0.6 is 0 Å².